The van der Waals surface area contributed by atoms with E-state index in [-0.39, 0.29) is 36.0 Å². The van der Waals surface area contributed by atoms with Gasteiger partial charge in [0.15, 0.2) is 11.7 Å². The van der Waals surface area contributed by atoms with Crippen molar-refractivity contribution in [3.8, 4) is 11.3 Å². The van der Waals surface area contributed by atoms with Gasteiger partial charge in [-0.1, -0.05) is 24.3 Å². The van der Waals surface area contributed by atoms with E-state index < -0.39 is 0 Å². The van der Waals surface area contributed by atoms with Crippen LogP contribution >= 0.6 is 0 Å². The zero-order valence-electron chi connectivity index (χ0n) is 17.2. The van der Waals surface area contributed by atoms with Gasteiger partial charge in [-0.15, -0.1) is 0 Å². The van der Waals surface area contributed by atoms with Gasteiger partial charge in [0.05, 0.1) is 17.8 Å². The Morgan fingerprint density at radius 3 is 2.61 bits per heavy atom. The summed E-state index contributed by atoms with van der Waals surface area (Å²) in [6.07, 6.45) is 3.92. The summed E-state index contributed by atoms with van der Waals surface area (Å²) in [6, 6.07) is 13.6. The fourth-order valence-electron chi connectivity index (χ4n) is 3.27. The van der Waals surface area contributed by atoms with Crippen LogP contribution in [0.5, 0.6) is 0 Å². The standard InChI is InChI=1S/C24H24FN3O3/c1-15(16-8-10-18(11-9-16)28-24(30)17-6-7-17)27-22(29)12-13-23-26-14-21(31-23)19-4-2-3-5-20(19)25/h2-5,8-11,14-15,17H,6-7,12-13H2,1H3,(H,27,29)(H,28,30)/t15-/m0/s1. The van der Waals surface area contributed by atoms with Crippen molar-refractivity contribution in [1.82, 2.24) is 10.3 Å². The summed E-state index contributed by atoms with van der Waals surface area (Å²) in [6.45, 7) is 1.90. The molecule has 2 aromatic carbocycles. The topological polar surface area (TPSA) is 84.2 Å². The highest BCUT2D eigenvalue weighted by atomic mass is 19.1. The van der Waals surface area contributed by atoms with Crippen molar-refractivity contribution < 1.29 is 18.4 Å². The molecule has 1 heterocycles. The summed E-state index contributed by atoms with van der Waals surface area (Å²) >= 11 is 0. The fourth-order valence-corrected chi connectivity index (χ4v) is 3.27. The number of aryl methyl sites for hydroxylation is 1. The number of hydrogen-bond donors (Lipinski definition) is 2. The molecule has 1 aromatic heterocycles. The van der Waals surface area contributed by atoms with Crippen LogP contribution in [0.15, 0.2) is 59.1 Å². The van der Waals surface area contributed by atoms with Crippen molar-refractivity contribution in [2.24, 2.45) is 5.92 Å². The van der Waals surface area contributed by atoms with Crippen molar-refractivity contribution in [3.05, 3.63) is 72.0 Å². The number of anilines is 1. The third-order valence-corrected chi connectivity index (χ3v) is 5.26. The van der Waals surface area contributed by atoms with Gasteiger partial charge in [0, 0.05) is 24.4 Å². The van der Waals surface area contributed by atoms with Crippen LogP contribution in [0.2, 0.25) is 0 Å². The van der Waals surface area contributed by atoms with Crippen LogP contribution in [-0.4, -0.2) is 16.8 Å². The Morgan fingerprint density at radius 2 is 1.90 bits per heavy atom. The summed E-state index contributed by atoms with van der Waals surface area (Å²) in [7, 11) is 0. The number of nitrogens with one attached hydrogen (secondary N) is 2. The second-order valence-corrected chi connectivity index (χ2v) is 7.77. The van der Waals surface area contributed by atoms with Crippen LogP contribution in [0.3, 0.4) is 0 Å². The van der Waals surface area contributed by atoms with Crippen molar-refractivity contribution >= 4 is 17.5 Å². The van der Waals surface area contributed by atoms with Gasteiger partial charge in [0.1, 0.15) is 5.82 Å². The molecule has 1 aliphatic rings. The SMILES string of the molecule is C[C@H](NC(=O)CCc1ncc(-c2ccccc2F)o1)c1ccc(NC(=O)C2CC2)cc1. The highest BCUT2D eigenvalue weighted by Gasteiger charge is 2.29. The van der Waals surface area contributed by atoms with Gasteiger partial charge in [-0.25, -0.2) is 9.37 Å². The molecule has 2 N–H and O–H groups in total. The Hall–Kier alpha value is -3.48. The number of carbonyl (C=O) groups excluding carboxylic acids is 2. The van der Waals surface area contributed by atoms with Gasteiger partial charge in [-0.05, 0) is 49.6 Å². The molecule has 160 valence electrons. The lowest BCUT2D eigenvalue weighted by Gasteiger charge is -2.15. The molecule has 0 unspecified atom stereocenters. The lowest BCUT2D eigenvalue weighted by atomic mass is 10.1. The first kappa shape index (κ1) is 20.8. The number of rotatable bonds is 8. The molecule has 0 radical (unpaired) electrons. The van der Waals surface area contributed by atoms with E-state index >= 15 is 0 Å². The molecule has 0 saturated heterocycles. The zero-order valence-corrected chi connectivity index (χ0v) is 17.2. The number of aromatic nitrogens is 1. The Kier molecular flexibility index (Phi) is 6.11. The quantitative estimate of drug-likeness (QED) is 0.555. The second-order valence-electron chi connectivity index (χ2n) is 7.77. The highest BCUT2D eigenvalue weighted by Crippen LogP contribution is 2.30. The number of hydrogen-bond acceptors (Lipinski definition) is 4. The summed E-state index contributed by atoms with van der Waals surface area (Å²) < 4.78 is 19.4. The summed E-state index contributed by atoms with van der Waals surface area (Å²) in [5.74, 6) is 0.440. The summed E-state index contributed by atoms with van der Waals surface area (Å²) in [5, 5.41) is 5.85. The number of amides is 2. The molecule has 1 aliphatic carbocycles. The predicted molar refractivity (Wildman–Crippen MR) is 115 cm³/mol. The minimum atomic E-state index is -0.380. The predicted octanol–water partition coefficient (Wildman–Crippen LogP) is 4.64. The zero-order chi connectivity index (χ0) is 21.8. The van der Waals surface area contributed by atoms with Crippen LogP contribution in [0.25, 0.3) is 11.3 Å². The molecule has 6 nitrogen and oxygen atoms in total. The van der Waals surface area contributed by atoms with E-state index in [1.54, 1.807) is 18.2 Å². The van der Waals surface area contributed by atoms with E-state index in [0.29, 0.717) is 23.6 Å². The van der Waals surface area contributed by atoms with Gasteiger partial charge in [-0.3, -0.25) is 9.59 Å². The van der Waals surface area contributed by atoms with Crippen molar-refractivity contribution in [2.45, 2.75) is 38.6 Å². The normalized spacial score (nSPS) is 14.1. The highest BCUT2D eigenvalue weighted by molar-refractivity contribution is 5.94. The first-order valence-electron chi connectivity index (χ1n) is 10.4. The number of benzene rings is 2. The Balaban J connectivity index is 1.27. The minimum absolute atomic E-state index is 0.0683. The van der Waals surface area contributed by atoms with Gasteiger partial charge >= 0.3 is 0 Å². The van der Waals surface area contributed by atoms with E-state index in [1.807, 2.05) is 31.2 Å². The number of oxazole rings is 1. The third-order valence-electron chi connectivity index (χ3n) is 5.26. The van der Waals surface area contributed by atoms with E-state index in [1.165, 1.54) is 12.3 Å². The third kappa shape index (κ3) is 5.36. The molecule has 4 rings (SSSR count). The minimum Gasteiger partial charge on any atom is -0.441 e. The largest absolute Gasteiger partial charge is 0.441 e. The molecule has 31 heavy (non-hydrogen) atoms. The molecule has 3 aromatic rings. The Morgan fingerprint density at radius 1 is 1.16 bits per heavy atom. The smallest absolute Gasteiger partial charge is 0.227 e. The van der Waals surface area contributed by atoms with E-state index in [0.717, 1.165) is 24.1 Å². The molecule has 0 spiro atoms. The fraction of sp³-hybridized carbons (Fsp3) is 0.292. The first-order valence-corrected chi connectivity index (χ1v) is 10.4. The van der Waals surface area contributed by atoms with Crippen LogP contribution in [0.1, 0.15) is 43.7 Å². The summed E-state index contributed by atoms with van der Waals surface area (Å²) in [5.41, 5.74) is 2.04. The molecule has 7 heteroatoms. The molecule has 1 saturated carbocycles. The summed E-state index contributed by atoms with van der Waals surface area (Å²) in [4.78, 5) is 28.3. The lowest BCUT2D eigenvalue weighted by Crippen LogP contribution is -2.26. The van der Waals surface area contributed by atoms with Crippen LogP contribution in [-0.2, 0) is 16.0 Å². The lowest BCUT2D eigenvalue weighted by molar-refractivity contribution is -0.121. The average Bonchev–Trinajstić information content (AvgIpc) is 3.52. The molecular formula is C24H24FN3O3. The van der Waals surface area contributed by atoms with E-state index in [2.05, 4.69) is 15.6 Å². The van der Waals surface area contributed by atoms with Crippen LogP contribution in [0, 0.1) is 11.7 Å². The number of halogens is 1. The Bertz CT molecular complexity index is 1070. The van der Waals surface area contributed by atoms with E-state index in [9.17, 15) is 14.0 Å². The van der Waals surface area contributed by atoms with Gasteiger partial charge in [0.25, 0.3) is 0 Å². The van der Waals surface area contributed by atoms with Crippen LogP contribution < -0.4 is 10.6 Å². The molecule has 1 atom stereocenters. The van der Waals surface area contributed by atoms with Crippen molar-refractivity contribution in [3.63, 3.8) is 0 Å². The molecule has 2 amide bonds. The molecule has 0 bridgehead atoms. The first-order chi connectivity index (χ1) is 15.0. The maximum Gasteiger partial charge on any atom is 0.227 e. The maximum atomic E-state index is 13.9. The molecule has 1 fully saturated rings. The van der Waals surface area contributed by atoms with Gasteiger partial charge < -0.3 is 15.1 Å². The van der Waals surface area contributed by atoms with Crippen molar-refractivity contribution in [2.75, 3.05) is 5.32 Å². The van der Waals surface area contributed by atoms with Gasteiger partial charge in [0.2, 0.25) is 11.8 Å². The molecule has 0 aliphatic heterocycles. The van der Waals surface area contributed by atoms with Crippen LogP contribution in [0.4, 0.5) is 10.1 Å². The Labute approximate surface area is 179 Å². The maximum absolute atomic E-state index is 13.9. The number of nitrogens with zero attached hydrogens (tertiary/aromatic N) is 1. The molecular weight excluding hydrogens is 397 g/mol. The second kappa shape index (κ2) is 9.12. The van der Waals surface area contributed by atoms with E-state index in [4.69, 9.17) is 4.42 Å². The number of carbonyl (C=O) groups is 2. The monoisotopic (exact) mass is 421 g/mol. The average molecular weight is 421 g/mol. The van der Waals surface area contributed by atoms with Crippen molar-refractivity contribution in [1.29, 1.82) is 0 Å². The van der Waals surface area contributed by atoms with Gasteiger partial charge in [-0.2, -0.15) is 0 Å².